The zero-order valence-electron chi connectivity index (χ0n) is 14.6. The van der Waals surface area contributed by atoms with Gasteiger partial charge in [0, 0.05) is 30.5 Å². The van der Waals surface area contributed by atoms with Crippen molar-refractivity contribution in [2.75, 3.05) is 0 Å². The number of rotatable bonds is 4. The van der Waals surface area contributed by atoms with Gasteiger partial charge in [-0.1, -0.05) is 0 Å². The van der Waals surface area contributed by atoms with Crippen molar-refractivity contribution < 1.29 is 9.53 Å². The van der Waals surface area contributed by atoms with Crippen molar-refractivity contribution in [2.45, 2.75) is 77.1 Å². The monoisotopic (exact) mass is 319 g/mol. The number of alkyl carbamates (subject to hydrolysis) is 1. The Kier molecular flexibility index (Phi) is 5.99. The first-order chi connectivity index (χ1) is 10.8. The highest BCUT2D eigenvalue weighted by Gasteiger charge is 2.26. The Morgan fingerprint density at radius 3 is 2.57 bits per heavy atom. The third-order valence-electron chi connectivity index (χ3n) is 4.09. The second-order valence-corrected chi connectivity index (χ2v) is 7.38. The van der Waals surface area contributed by atoms with E-state index in [-0.39, 0.29) is 18.2 Å². The zero-order valence-corrected chi connectivity index (χ0v) is 14.6. The first-order valence-corrected chi connectivity index (χ1v) is 8.49. The van der Waals surface area contributed by atoms with E-state index in [0.717, 1.165) is 25.7 Å². The van der Waals surface area contributed by atoms with Crippen molar-refractivity contribution in [3.8, 4) is 0 Å². The summed E-state index contributed by atoms with van der Waals surface area (Å²) in [5.74, 6) is 0. The molecule has 5 nitrogen and oxygen atoms in total. The summed E-state index contributed by atoms with van der Waals surface area (Å²) in [5.41, 5.74) is 0.786. The lowest BCUT2D eigenvalue weighted by atomic mass is 9.90. The van der Waals surface area contributed by atoms with Gasteiger partial charge in [0.25, 0.3) is 0 Å². The Morgan fingerprint density at radius 1 is 1.26 bits per heavy atom. The zero-order chi connectivity index (χ0) is 16.9. The Balaban J connectivity index is 1.82. The highest BCUT2D eigenvalue weighted by molar-refractivity contribution is 5.68. The van der Waals surface area contributed by atoms with E-state index in [9.17, 15) is 4.79 Å². The third kappa shape index (κ3) is 6.18. The first-order valence-electron chi connectivity index (χ1n) is 8.49. The minimum atomic E-state index is -0.452. The largest absolute Gasteiger partial charge is 0.444 e. The van der Waals surface area contributed by atoms with E-state index in [1.54, 1.807) is 0 Å². The fourth-order valence-electron chi connectivity index (χ4n) is 3.05. The molecule has 2 N–H and O–H groups in total. The van der Waals surface area contributed by atoms with E-state index >= 15 is 0 Å². The van der Waals surface area contributed by atoms with Crippen LogP contribution in [0.4, 0.5) is 4.79 Å². The van der Waals surface area contributed by atoms with Gasteiger partial charge in [-0.05, 0) is 71.1 Å². The molecule has 3 atom stereocenters. The summed E-state index contributed by atoms with van der Waals surface area (Å²) < 4.78 is 5.35. The van der Waals surface area contributed by atoms with Crippen molar-refractivity contribution in [3.05, 3.63) is 30.1 Å². The molecule has 1 aromatic heterocycles. The number of ether oxygens (including phenoxy) is 1. The van der Waals surface area contributed by atoms with Crippen molar-refractivity contribution >= 4 is 6.09 Å². The maximum atomic E-state index is 11.9. The van der Waals surface area contributed by atoms with Crippen LogP contribution >= 0.6 is 0 Å². The summed E-state index contributed by atoms with van der Waals surface area (Å²) in [5, 5.41) is 6.67. The average molecular weight is 319 g/mol. The van der Waals surface area contributed by atoms with E-state index in [1.807, 2.05) is 45.3 Å². The lowest BCUT2D eigenvalue weighted by Crippen LogP contribution is -2.46. The summed E-state index contributed by atoms with van der Waals surface area (Å²) in [6.07, 6.45) is 7.53. The maximum absolute atomic E-state index is 11.9. The number of pyridine rings is 1. The van der Waals surface area contributed by atoms with Crippen LogP contribution in [-0.4, -0.2) is 28.8 Å². The Labute approximate surface area is 139 Å². The smallest absolute Gasteiger partial charge is 0.407 e. The van der Waals surface area contributed by atoms with E-state index in [2.05, 4.69) is 22.5 Å². The Hall–Kier alpha value is -1.62. The average Bonchev–Trinajstić information content (AvgIpc) is 2.46. The molecular formula is C18H29N3O2. The van der Waals surface area contributed by atoms with Gasteiger partial charge in [0.1, 0.15) is 5.60 Å². The molecular weight excluding hydrogens is 290 g/mol. The number of nitrogens with zero attached hydrogens (tertiary/aromatic N) is 1. The fraction of sp³-hybridized carbons (Fsp3) is 0.667. The van der Waals surface area contributed by atoms with Gasteiger partial charge in [0.05, 0.1) is 0 Å². The number of amides is 1. The van der Waals surface area contributed by atoms with E-state index in [4.69, 9.17) is 4.74 Å². The summed E-state index contributed by atoms with van der Waals surface area (Å²) in [4.78, 5) is 16.0. The molecule has 0 spiro atoms. The molecule has 2 rings (SSSR count). The van der Waals surface area contributed by atoms with Crippen LogP contribution in [0, 0.1) is 0 Å². The van der Waals surface area contributed by atoms with Crippen LogP contribution < -0.4 is 10.6 Å². The molecule has 1 heterocycles. The Morgan fingerprint density at radius 2 is 1.91 bits per heavy atom. The molecule has 0 radical (unpaired) electrons. The molecule has 23 heavy (non-hydrogen) atoms. The molecule has 0 saturated heterocycles. The Bertz CT molecular complexity index is 499. The van der Waals surface area contributed by atoms with Gasteiger partial charge in [-0.25, -0.2) is 4.79 Å². The molecule has 0 aromatic carbocycles. The van der Waals surface area contributed by atoms with Crippen LogP contribution in [0.15, 0.2) is 24.5 Å². The van der Waals surface area contributed by atoms with Crippen molar-refractivity contribution in [1.29, 1.82) is 0 Å². The van der Waals surface area contributed by atoms with Gasteiger partial charge < -0.3 is 15.4 Å². The first kappa shape index (κ1) is 17.7. The number of hydrogen-bond donors (Lipinski definition) is 2. The van der Waals surface area contributed by atoms with Crippen LogP contribution in [-0.2, 0) is 4.74 Å². The van der Waals surface area contributed by atoms with Crippen molar-refractivity contribution in [3.63, 3.8) is 0 Å². The molecule has 5 heteroatoms. The molecule has 0 bridgehead atoms. The van der Waals surface area contributed by atoms with Crippen LogP contribution in [0.3, 0.4) is 0 Å². The summed E-state index contributed by atoms with van der Waals surface area (Å²) in [6, 6.07) is 4.95. The summed E-state index contributed by atoms with van der Waals surface area (Å²) >= 11 is 0. The predicted molar refractivity (Wildman–Crippen MR) is 91.2 cm³/mol. The summed E-state index contributed by atoms with van der Waals surface area (Å²) in [6.45, 7) is 7.82. The number of carbonyl (C=O) groups excluding carboxylic acids is 1. The van der Waals surface area contributed by atoms with Crippen LogP contribution in [0.25, 0.3) is 0 Å². The number of nitrogens with one attached hydrogen (secondary N) is 2. The molecule has 3 unspecified atom stereocenters. The maximum Gasteiger partial charge on any atom is 0.407 e. The molecule has 0 aliphatic heterocycles. The third-order valence-corrected chi connectivity index (χ3v) is 4.09. The van der Waals surface area contributed by atoms with Gasteiger partial charge in [-0.3, -0.25) is 4.98 Å². The minimum absolute atomic E-state index is 0.181. The van der Waals surface area contributed by atoms with Crippen molar-refractivity contribution in [2.24, 2.45) is 0 Å². The quantitative estimate of drug-likeness (QED) is 0.890. The van der Waals surface area contributed by atoms with Gasteiger partial charge in [-0.15, -0.1) is 0 Å². The van der Waals surface area contributed by atoms with E-state index < -0.39 is 5.60 Å². The van der Waals surface area contributed by atoms with Gasteiger partial charge >= 0.3 is 6.09 Å². The van der Waals surface area contributed by atoms with Crippen LogP contribution in [0.2, 0.25) is 0 Å². The normalized spacial score (nSPS) is 23.1. The lowest BCUT2D eigenvalue weighted by molar-refractivity contribution is 0.0488. The molecule has 1 amide bonds. The lowest BCUT2D eigenvalue weighted by Gasteiger charge is -2.33. The second kappa shape index (κ2) is 7.77. The van der Waals surface area contributed by atoms with E-state index in [0.29, 0.717) is 6.04 Å². The van der Waals surface area contributed by atoms with Gasteiger partial charge in [-0.2, -0.15) is 0 Å². The molecule has 1 aromatic rings. The molecule has 1 fully saturated rings. The highest BCUT2D eigenvalue weighted by Crippen LogP contribution is 2.22. The number of hydrogen-bond acceptors (Lipinski definition) is 4. The molecule has 1 aliphatic carbocycles. The molecule has 1 aliphatic rings. The van der Waals surface area contributed by atoms with E-state index in [1.165, 1.54) is 5.56 Å². The minimum Gasteiger partial charge on any atom is -0.444 e. The van der Waals surface area contributed by atoms with Crippen LogP contribution in [0.5, 0.6) is 0 Å². The van der Waals surface area contributed by atoms with Crippen LogP contribution in [0.1, 0.15) is 65.0 Å². The predicted octanol–water partition coefficient (Wildman–Crippen LogP) is 3.57. The van der Waals surface area contributed by atoms with Gasteiger partial charge in [0.2, 0.25) is 0 Å². The van der Waals surface area contributed by atoms with Crippen molar-refractivity contribution in [1.82, 2.24) is 15.6 Å². The number of aromatic nitrogens is 1. The topological polar surface area (TPSA) is 63.2 Å². The highest BCUT2D eigenvalue weighted by atomic mass is 16.6. The molecule has 128 valence electrons. The molecule has 1 saturated carbocycles. The van der Waals surface area contributed by atoms with Gasteiger partial charge in [0.15, 0.2) is 0 Å². The SMILES string of the molecule is CC(NC1CCCC(NC(=O)OC(C)(C)C)C1)c1ccncc1. The summed E-state index contributed by atoms with van der Waals surface area (Å²) in [7, 11) is 0. The number of carbonyl (C=O) groups is 1. The fourth-order valence-corrected chi connectivity index (χ4v) is 3.05. The second-order valence-electron chi connectivity index (χ2n) is 7.38. The standard InChI is InChI=1S/C18H29N3O2/c1-13(14-8-10-19-11-9-14)20-15-6-5-7-16(12-15)21-17(22)23-18(2,3)4/h8-11,13,15-16,20H,5-7,12H2,1-4H3,(H,21,22).